The van der Waals surface area contributed by atoms with Gasteiger partial charge in [-0.3, -0.25) is 4.90 Å². The average Bonchev–Trinajstić information content (AvgIpc) is 2.56. The highest BCUT2D eigenvalue weighted by Gasteiger charge is 2.13. The molecule has 0 aliphatic rings. The van der Waals surface area contributed by atoms with Crippen LogP contribution in [0, 0.1) is 0 Å². The molecule has 0 amide bonds. The second-order valence-electron chi connectivity index (χ2n) is 5.95. The molecule has 124 valence electrons. The minimum Gasteiger partial charge on any atom is -0.497 e. The van der Waals surface area contributed by atoms with Crippen molar-refractivity contribution in [2.75, 3.05) is 13.7 Å². The summed E-state index contributed by atoms with van der Waals surface area (Å²) in [6, 6.07) is 18.5. The fourth-order valence-electron chi connectivity index (χ4n) is 2.78. The van der Waals surface area contributed by atoms with Crippen LogP contribution >= 0.6 is 0 Å². The molecule has 0 heterocycles. The minimum atomic E-state index is -0.283. The quantitative estimate of drug-likeness (QED) is 0.763. The molecule has 0 bridgehead atoms. The predicted molar refractivity (Wildman–Crippen MR) is 94.5 cm³/mol. The zero-order valence-corrected chi connectivity index (χ0v) is 14.1. The van der Waals surface area contributed by atoms with E-state index in [1.807, 2.05) is 18.2 Å². The molecule has 1 N–H and O–H groups in total. The molecule has 3 heteroatoms. The number of methoxy groups -OCH3 is 1. The van der Waals surface area contributed by atoms with Gasteiger partial charge in [-0.1, -0.05) is 55.8 Å². The predicted octanol–water partition coefficient (Wildman–Crippen LogP) is 3.86. The molecule has 3 nitrogen and oxygen atoms in total. The third-order valence-electron chi connectivity index (χ3n) is 3.88. The molecule has 0 spiro atoms. The van der Waals surface area contributed by atoms with Gasteiger partial charge in [0, 0.05) is 19.6 Å². The van der Waals surface area contributed by atoms with Crippen molar-refractivity contribution in [1.82, 2.24) is 4.90 Å². The van der Waals surface area contributed by atoms with Crippen molar-refractivity contribution >= 4 is 0 Å². The highest BCUT2D eigenvalue weighted by Crippen LogP contribution is 2.16. The van der Waals surface area contributed by atoms with Crippen LogP contribution in [-0.2, 0) is 13.1 Å². The molecule has 0 aromatic heterocycles. The summed E-state index contributed by atoms with van der Waals surface area (Å²) in [6.45, 7) is 4.42. The molecule has 1 atom stereocenters. The van der Waals surface area contributed by atoms with Gasteiger partial charge < -0.3 is 9.84 Å². The molecular formula is C20H27NO2. The van der Waals surface area contributed by atoms with Gasteiger partial charge in [0.25, 0.3) is 0 Å². The number of hydrogen-bond acceptors (Lipinski definition) is 3. The van der Waals surface area contributed by atoms with Crippen LogP contribution in [0.25, 0.3) is 0 Å². The van der Waals surface area contributed by atoms with Crippen LogP contribution in [-0.4, -0.2) is 29.8 Å². The SMILES string of the molecule is CCCC(O)CN(Cc1ccccc1)Cc1cccc(OC)c1. The summed E-state index contributed by atoms with van der Waals surface area (Å²) in [5.41, 5.74) is 2.46. The Morgan fingerprint density at radius 1 is 1.00 bits per heavy atom. The summed E-state index contributed by atoms with van der Waals surface area (Å²) in [7, 11) is 1.69. The van der Waals surface area contributed by atoms with E-state index in [-0.39, 0.29) is 6.10 Å². The largest absolute Gasteiger partial charge is 0.497 e. The summed E-state index contributed by atoms with van der Waals surface area (Å²) in [4.78, 5) is 2.30. The summed E-state index contributed by atoms with van der Waals surface area (Å²) >= 11 is 0. The van der Waals surface area contributed by atoms with Crippen LogP contribution in [0.2, 0.25) is 0 Å². The Hall–Kier alpha value is -1.84. The summed E-state index contributed by atoms with van der Waals surface area (Å²) in [6.07, 6.45) is 1.55. The molecule has 2 aromatic rings. The van der Waals surface area contributed by atoms with E-state index in [9.17, 15) is 5.11 Å². The molecule has 0 aliphatic heterocycles. The van der Waals surface area contributed by atoms with Crippen molar-refractivity contribution in [3.05, 3.63) is 65.7 Å². The van der Waals surface area contributed by atoms with Crippen LogP contribution in [0.1, 0.15) is 30.9 Å². The molecule has 0 saturated carbocycles. The Morgan fingerprint density at radius 2 is 1.70 bits per heavy atom. The number of hydrogen-bond donors (Lipinski definition) is 1. The van der Waals surface area contributed by atoms with E-state index >= 15 is 0 Å². The lowest BCUT2D eigenvalue weighted by atomic mass is 10.1. The maximum Gasteiger partial charge on any atom is 0.119 e. The standard InChI is InChI=1S/C20H27NO2/c1-3-8-19(22)16-21(14-17-9-5-4-6-10-17)15-18-11-7-12-20(13-18)23-2/h4-7,9-13,19,22H,3,8,14-16H2,1-2H3. The topological polar surface area (TPSA) is 32.7 Å². The highest BCUT2D eigenvalue weighted by molar-refractivity contribution is 5.28. The van der Waals surface area contributed by atoms with E-state index in [0.717, 1.165) is 31.7 Å². The second-order valence-corrected chi connectivity index (χ2v) is 5.95. The molecular weight excluding hydrogens is 286 g/mol. The van der Waals surface area contributed by atoms with Crippen LogP contribution in [0.4, 0.5) is 0 Å². The van der Waals surface area contributed by atoms with Crippen LogP contribution in [0.5, 0.6) is 5.75 Å². The first kappa shape index (κ1) is 17.5. The Labute approximate surface area is 139 Å². The Bertz CT molecular complexity index is 571. The first-order valence-corrected chi connectivity index (χ1v) is 8.28. The number of nitrogens with zero attached hydrogens (tertiary/aromatic N) is 1. The molecule has 0 radical (unpaired) electrons. The van der Waals surface area contributed by atoms with E-state index in [2.05, 4.69) is 48.2 Å². The van der Waals surface area contributed by atoms with Crippen molar-refractivity contribution in [3.8, 4) is 5.75 Å². The Balaban J connectivity index is 2.08. The van der Waals surface area contributed by atoms with Gasteiger partial charge >= 0.3 is 0 Å². The fraction of sp³-hybridized carbons (Fsp3) is 0.400. The van der Waals surface area contributed by atoms with Gasteiger partial charge in [0.1, 0.15) is 5.75 Å². The van der Waals surface area contributed by atoms with Gasteiger partial charge in [-0.25, -0.2) is 0 Å². The van der Waals surface area contributed by atoms with Gasteiger partial charge in [-0.15, -0.1) is 0 Å². The van der Waals surface area contributed by atoms with Crippen LogP contribution in [0.3, 0.4) is 0 Å². The number of ether oxygens (including phenoxy) is 1. The van der Waals surface area contributed by atoms with Crippen LogP contribution in [0.15, 0.2) is 54.6 Å². The first-order valence-electron chi connectivity index (χ1n) is 8.28. The molecule has 2 aromatic carbocycles. The molecule has 0 aliphatic carbocycles. The smallest absolute Gasteiger partial charge is 0.119 e. The van der Waals surface area contributed by atoms with Gasteiger partial charge in [0.15, 0.2) is 0 Å². The fourth-order valence-corrected chi connectivity index (χ4v) is 2.78. The van der Waals surface area contributed by atoms with Crippen molar-refractivity contribution in [1.29, 1.82) is 0 Å². The van der Waals surface area contributed by atoms with E-state index in [4.69, 9.17) is 4.74 Å². The van der Waals surface area contributed by atoms with Crippen molar-refractivity contribution in [2.24, 2.45) is 0 Å². The number of rotatable bonds is 9. The maximum atomic E-state index is 10.2. The van der Waals surface area contributed by atoms with Crippen molar-refractivity contribution < 1.29 is 9.84 Å². The highest BCUT2D eigenvalue weighted by atomic mass is 16.5. The zero-order chi connectivity index (χ0) is 16.5. The van der Waals surface area contributed by atoms with Gasteiger partial charge in [-0.2, -0.15) is 0 Å². The third-order valence-corrected chi connectivity index (χ3v) is 3.88. The van der Waals surface area contributed by atoms with E-state index in [1.54, 1.807) is 7.11 Å². The van der Waals surface area contributed by atoms with E-state index in [1.165, 1.54) is 11.1 Å². The summed E-state index contributed by atoms with van der Waals surface area (Å²) in [5, 5.41) is 10.2. The maximum absolute atomic E-state index is 10.2. The molecule has 2 rings (SSSR count). The Kier molecular flexibility index (Phi) is 7.11. The Morgan fingerprint density at radius 3 is 2.39 bits per heavy atom. The summed E-state index contributed by atoms with van der Waals surface area (Å²) < 4.78 is 5.31. The molecule has 23 heavy (non-hydrogen) atoms. The number of aliphatic hydroxyl groups excluding tert-OH is 1. The zero-order valence-electron chi connectivity index (χ0n) is 14.1. The number of aliphatic hydroxyl groups is 1. The van der Waals surface area contributed by atoms with Gasteiger partial charge in [0.05, 0.1) is 13.2 Å². The summed E-state index contributed by atoms with van der Waals surface area (Å²) in [5.74, 6) is 0.872. The normalized spacial score (nSPS) is 12.3. The lowest BCUT2D eigenvalue weighted by molar-refractivity contribution is 0.0970. The second kappa shape index (κ2) is 9.33. The van der Waals surface area contributed by atoms with Crippen LogP contribution < -0.4 is 4.74 Å². The van der Waals surface area contributed by atoms with Gasteiger partial charge in [0.2, 0.25) is 0 Å². The monoisotopic (exact) mass is 313 g/mol. The van der Waals surface area contributed by atoms with E-state index in [0.29, 0.717) is 6.54 Å². The third kappa shape index (κ3) is 6.05. The average molecular weight is 313 g/mol. The van der Waals surface area contributed by atoms with Crippen molar-refractivity contribution in [2.45, 2.75) is 39.0 Å². The van der Waals surface area contributed by atoms with E-state index < -0.39 is 0 Å². The minimum absolute atomic E-state index is 0.283. The van der Waals surface area contributed by atoms with Gasteiger partial charge in [-0.05, 0) is 29.7 Å². The molecule has 0 saturated heterocycles. The number of benzene rings is 2. The van der Waals surface area contributed by atoms with Crippen molar-refractivity contribution in [3.63, 3.8) is 0 Å². The molecule has 0 fully saturated rings. The lowest BCUT2D eigenvalue weighted by Gasteiger charge is -2.25. The first-order chi connectivity index (χ1) is 11.2. The lowest BCUT2D eigenvalue weighted by Crippen LogP contribution is -2.31. The molecule has 1 unspecified atom stereocenters.